The van der Waals surface area contributed by atoms with E-state index in [0.29, 0.717) is 28.8 Å². The van der Waals surface area contributed by atoms with Crippen molar-refractivity contribution >= 4 is 28.5 Å². The number of carbonyl (C=O) groups is 2. The number of carbonyl (C=O) groups excluding carboxylic acids is 2. The minimum atomic E-state index is -0.589. The second kappa shape index (κ2) is 11.6. The Morgan fingerprint density at radius 2 is 1.49 bits per heavy atom. The summed E-state index contributed by atoms with van der Waals surface area (Å²) in [5, 5.41) is 3.50. The average molecular weight is 517 g/mol. The zero-order valence-electron chi connectivity index (χ0n) is 21.8. The van der Waals surface area contributed by atoms with Gasteiger partial charge in [0.25, 0.3) is 5.91 Å². The molecule has 6 heteroatoms. The van der Waals surface area contributed by atoms with Crippen LogP contribution in [0.4, 0.5) is 5.69 Å². The van der Waals surface area contributed by atoms with Crippen LogP contribution in [0.1, 0.15) is 27.0 Å². The van der Waals surface area contributed by atoms with Gasteiger partial charge < -0.3 is 14.8 Å². The van der Waals surface area contributed by atoms with E-state index in [1.807, 2.05) is 111 Å². The smallest absolute Gasteiger partial charge is 0.339 e. The van der Waals surface area contributed by atoms with Gasteiger partial charge in [-0.15, -0.1) is 0 Å². The normalized spacial score (nSPS) is 10.7. The summed E-state index contributed by atoms with van der Waals surface area (Å²) in [7, 11) is 0. The van der Waals surface area contributed by atoms with Crippen LogP contribution >= 0.6 is 0 Å². The molecule has 0 aliphatic rings. The van der Waals surface area contributed by atoms with Crippen molar-refractivity contribution in [3.63, 3.8) is 0 Å². The highest BCUT2D eigenvalue weighted by Gasteiger charge is 2.17. The molecule has 39 heavy (non-hydrogen) atoms. The Bertz CT molecular complexity index is 1610. The van der Waals surface area contributed by atoms with Gasteiger partial charge in [-0.25, -0.2) is 9.78 Å². The molecule has 0 aliphatic heterocycles. The number of ether oxygens (including phenoxy) is 2. The van der Waals surface area contributed by atoms with E-state index in [4.69, 9.17) is 14.5 Å². The maximum absolute atomic E-state index is 13.2. The minimum absolute atomic E-state index is 0.347. The summed E-state index contributed by atoms with van der Waals surface area (Å²) < 4.78 is 11.3. The highest BCUT2D eigenvalue weighted by atomic mass is 16.5. The first kappa shape index (κ1) is 25.7. The van der Waals surface area contributed by atoms with Gasteiger partial charge in [0, 0.05) is 16.6 Å². The van der Waals surface area contributed by atoms with E-state index in [1.165, 1.54) is 0 Å². The quantitative estimate of drug-likeness (QED) is 0.227. The van der Waals surface area contributed by atoms with Gasteiger partial charge in [0.15, 0.2) is 6.61 Å². The highest BCUT2D eigenvalue weighted by molar-refractivity contribution is 6.05. The molecule has 0 saturated heterocycles. The topological polar surface area (TPSA) is 77.5 Å². The van der Waals surface area contributed by atoms with Crippen LogP contribution in [0.25, 0.3) is 22.2 Å². The largest absolute Gasteiger partial charge is 0.489 e. The zero-order valence-corrected chi connectivity index (χ0v) is 21.8. The molecule has 5 aromatic rings. The lowest BCUT2D eigenvalue weighted by atomic mass is 10.0. The molecule has 4 aromatic carbocycles. The van der Waals surface area contributed by atoms with Crippen molar-refractivity contribution in [3.8, 4) is 17.0 Å². The average Bonchev–Trinajstić information content (AvgIpc) is 2.97. The number of benzene rings is 4. The monoisotopic (exact) mass is 516 g/mol. The van der Waals surface area contributed by atoms with Crippen molar-refractivity contribution in [1.82, 2.24) is 4.98 Å². The Hall–Kier alpha value is -4.97. The number of hydrogen-bond acceptors (Lipinski definition) is 5. The second-order valence-electron chi connectivity index (χ2n) is 9.26. The summed E-state index contributed by atoms with van der Waals surface area (Å²) in [4.78, 5) is 30.5. The van der Waals surface area contributed by atoms with Gasteiger partial charge in [0.2, 0.25) is 0 Å². The van der Waals surface area contributed by atoms with Gasteiger partial charge in [-0.05, 0) is 66.9 Å². The Morgan fingerprint density at radius 3 is 2.23 bits per heavy atom. The van der Waals surface area contributed by atoms with Crippen molar-refractivity contribution in [2.24, 2.45) is 0 Å². The number of nitrogens with one attached hydrogen (secondary N) is 1. The highest BCUT2D eigenvalue weighted by Crippen LogP contribution is 2.27. The SMILES string of the molecule is Cc1cccc(C)c1NC(=O)COC(=O)c1cc(-c2ccc(OCc3ccccc3)cc2)nc2ccccc12. The molecular weight excluding hydrogens is 488 g/mol. The van der Waals surface area contributed by atoms with Gasteiger partial charge in [-0.3, -0.25) is 4.79 Å². The third kappa shape index (κ3) is 6.13. The molecule has 1 N–H and O–H groups in total. The van der Waals surface area contributed by atoms with E-state index in [2.05, 4.69) is 5.32 Å². The molecular formula is C33H28N2O4. The predicted octanol–water partition coefficient (Wildman–Crippen LogP) is 6.89. The minimum Gasteiger partial charge on any atom is -0.489 e. The first-order chi connectivity index (χ1) is 19.0. The summed E-state index contributed by atoms with van der Waals surface area (Å²) in [6.45, 7) is 3.91. The lowest BCUT2D eigenvalue weighted by molar-refractivity contribution is -0.119. The molecule has 0 unspecified atom stereocenters. The molecule has 1 aromatic heterocycles. The van der Waals surface area contributed by atoms with Crippen LogP contribution in [0.2, 0.25) is 0 Å². The summed E-state index contributed by atoms with van der Waals surface area (Å²) in [6, 6.07) is 32.4. The maximum Gasteiger partial charge on any atom is 0.339 e. The number of anilines is 1. The second-order valence-corrected chi connectivity index (χ2v) is 9.26. The first-order valence-electron chi connectivity index (χ1n) is 12.7. The Morgan fingerprint density at radius 1 is 0.795 bits per heavy atom. The molecule has 6 nitrogen and oxygen atoms in total. The maximum atomic E-state index is 13.2. The lowest BCUT2D eigenvalue weighted by Crippen LogP contribution is -2.22. The van der Waals surface area contributed by atoms with E-state index in [-0.39, 0.29) is 0 Å². The van der Waals surface area contributed by atoms with Crippen LogP contribution in [-0.2, 0) is 16.1 Å². The molecule has 1 heterocycles. The molecule has 0 fully saturated rings. The molecule has 0 saturated carbocycles. The third-order valence-electron chi connectivity index (χ3n) is 6.41. The number of amides is 1. The summed E-state index contributed by atoms with van der Waals surface area (Å²) >= 11 is 0. The van der Waals surface area contributed by atoms with Crippen LogP contribution in [0.3, 0.4) is 0 Å². The summed E-state index contributed by atoms with van der Waals surface area (Å²) in [6.07, 6.45) is 0. The Kier molecular flexibility index (Phi) is 7.64. The number of pyridine rings is 1. The molecule has 0 atom stereocenters. The molecule has 0 bridgehead atoms. The van der Waals surface area contributed by atoms with Crippen molar-refractivity contribution in [2.75, 3.05) is 11.9 Å². The van der Waals surface area contributed by atoms with Crippen molar-refractivity contribution in [3.05, 3.63) is 125 Å². The Balaban J connectivity index is 1.32. The summed E-state index contributed by atoms with van der Waals surface area (Å²) in [5.41, 5.74) is 6.15. The number of rotatable bonds is 8. The number of hydrogen-bond donors (Lipinski definition) is 1. The number of nitrogens with zero attached hydrogens (tertiary/aromatic N) is 1. The van der Waals surface area contributed by atoms with Crippen molar-refractivity contribution in [1.29, 1.82) is 0 Å². The fourth-order valence-corrected chi connectivity index (χ4v) is 4.35. The van der Waals surface area contributed by atoms with E-state index >= 15 is 0 Å². The van der Waals surface area contributed by atoms with E-state index in [9.17, 15) is 9.59 Å². The lowest BCUT2D eigenvalue weighted by Gasteiger charge is -2.13. The van der Waals surface area contributed by atoms with Crippen LogP contribution in [0.15, 0.2) is 103 Å². The fourth-order valence-electron chi connectivity index (χ4n) is 4.35. The van der Waals surface area contributed by atoms with E-state index in [1.54, 1.807) is 6.07 Å². The van der Waals surface area contributed by atoms with Crippen LogP contribution in [0, 0.1) is 13.8 Å². The molecule has 1 amide bonds. The fraction of sp³-hybridized carbons (Fsp3) is 0.121. The molecule has 0 aliphatic carbocycles. The predicted molar refractivity (Wildman–Crippen MR) is 153 cm³/mol. The van der Waals surface area contributed by atoms with Crippen LogP contribution < -0.4 is 10.1 Å². The van der Waals surface area contributed by atoms with Gasteiger partial charge in [0.1, 0.15) is 12.4 Å². The van der Waals surface area contributed by atoms with Gasteiger partial charge in [-0.2, -0.15) is 0 Å². The van der Waals surface area contributed by atoms with Crippen LogP contribution in [-0.4, -0.2) is 23.5 Å². The van der Waals surface area contributed by atoms with Gasteiger partial charge in [-0.1, -0.05) is 66.7 Å². The number of para-hydroxylation sites is 2. The molecule has 194 valence electrons. The standard InChI is InChI=1S/C33H28N2O4/c1-22-9-8-10-23(2)32(22)35-31(36)21-39-33(37)28-19-30(34-29-14-7-6-13-27(28)29)25-15-17-26(18-16-25)38-20-24-11-4-3-5-12-24/h3-19H,20-21H2,1-2H3,(H,35,36). The first-order valence-corrected chi connectivity index (χ1v) is 12.7. The molecule has 0 radical (unpaired) electrons. The van der Waals surface area contributed by atoms with Crippen molar-refractivity contribution in [2.45, 2.75) is 20.5 Å². The number of aryl methyl sites for hydroxylation is 2. The van der Waals surface area contributed by atoms with Crippen LogP contribution in [0.5, 0.6) is 5.75 Å². The zero-order chi connectivity index (χ0) is 27.2. The van der Waals surface area contributed by atoms with Gasteiger partial charge >= 0.3 is 5.97 Å². The number of fused-ring (bicyclic) bond motifs is 1. The molecule has 5 rings (SSSR count). The number of esters is 1. The molecule has 0 spiro atoms. The van der Waals surface area contributed by atoms with Crippen molar-refractivity contribution < 1.29 is 19.1 Å². The third-order valence-corrected chi connectivity index (χ3v) is 6.41. The summed E-state index contributed by atoms with van der Waals surface area (Å²) in [5.74, 6) is -0.252. The number of aromatic nitrogens is 1. The van der Waals surface area contributed by atoms with Gasteiger partial charge in [0.05, 0.1) is 16.8 Å². The van der Waals surface area contributed by atoms with E-state index in [0.717, 1.165) is 33.7 Å². The Labute approximate surface area is 227 Å². The van der Waals surface area contributed by atoms with E-state index < -0.39 is 18.5 Å².